The van der Waals surface area contributed by atoms with Gasteiger partial charge in [-0.15, -0.1) is 0 Å². The summed E-state index contributed by atoms with van der Waals surface area (Å²) in [5, 5.41) is 29.0. The predicted octanol–water partition coefficient (Wildman–Crippen LogP) is 4.00. The predicted molar refractivity (Wildman–Crippen MR) is 95.9 cm³/mol. The van der Waals surface area contributed by atoms with Crippen LogP contribution in [0.15, 0.2) is 12.1 Å². The molecule has 0 heterocycles. The van der Waals surface area contributed by atoms with Crippen LogP contribution in [0.1, 0.15) is 26.3 Å². The summed E-state index contributed by atoms with van der Waals surface area (Å²) < 4.78 is 15.2. The molecule has 0 radical (unpaired) electrons. The maximum absolute atomic E-state index is 12.1. The van der Waals surface area contributed by atoms with Crippen molar-refractivity contribution in [2.24, 2.45) is 0 Å². The number of rotatable bonds is 5. The highest BCUT2D eigenvalue weighted by atomic mass is 35.5. The van der Waals surface area contributed by atoms with Gasteiger partial charge in [0.2, 0.25) is 0 Å². The molecule has 0 aliphatic carbocycles. The third kappa shape index (κ3) is 3.67. The highest BCUT2D eigenvalue weighted by molar-refractivity contribution is 6.38. The van der Waals surface area contributed by atoms with Gasteiger partial charge in [0.15, 0.2) is 23.0 Å². The molecule has 0 aliphatic heterocycles. The van der Waals surface area contributed by atoms with Gasteiger partial charge in [0, 0.05) is 6.07 Å². The van der Waals surface area contributed by atoms with Crippen molar-refractivity contribution in [3.05, 3.63) is 38.9 Å². The van der Waals surface area contributed by atoms with E-state index in [4.69, 9.17) is 32.7 Å². The van der Waals surface area contributed by atoms with Crippen molar-refractivity contribution < 1.29 is 39.1 Å². The van der Waals surface area contributed by atoms with Crippen LogP contribution in [0, 0.1) is 6.92 Å². The fourth-order valence-corrected chi connectivity index (χ4v) is 2.73. The van der Waals surface area contributed by atoms with Crippen LogP contribution < -0.4 is 9.47 Å². The van der Waals surface area contributed by atoms with Crippen LogP contribution in [-0.2, 0) is 4.74 Å². The zero-order valence-corrected chi connectivity index (χ0v) is 15.8. The molecule has 0 saturated heterocycles. The van der Waals surface area contributed by atoms with Gasteiger partial charge in [-0.1, -0.05) is 23.2 Å². The number of aromatic carboxylic acids is 1. The second-order valence-corrected chi connectivity index (χ2v) is 5.99. The molecule has 0 unspecified atom stereocenters. The molecule has 0 atom stereocenters. The summed E-state index contributed by atoms with van der Waals surface area (Å²) in [5.41, 5.74) is -0.775. The number of esters is 1. The van der Waals surface area contributed by atoms with Crippen LogP contribution in [0.5, 0.6) is 28.7 Å². The molecule has 0 amide bonds. The number of methoxy groups -OCH3 is 2. The lowest BCUT2D eigenvalue weighted by Gasteiger charge is -2.19. The van der Waals surface area contributed by atoms with Crippen LogP contribution in [0.2, 0.25) is 10.0 Å². The molecule has 144 valence electrons. The monoisotopic (exact) mass is 416 g/mol. The first kappa shape index (κ1) is 20.5. The number of hydrogen-bond acceptors (Lipinski definition) is 7. The molecule has 2 aromatic carbocycles. The number of carbonyl (C=O) groups excluding carboxylic acids is 1. The molecule has 0 aromatic heterocycles. The van der Waals surface area contributed by atoms with Crippen molar-refractivity contribution >= 4 is 35.1 Å². The molecule has 0 saturated carbocycles. The Hall–Kier alpha value is -2.84. The summed E-state index contributed by atoms with van der Waals surface area (Å²) >= 11 is 12.2. The smallest absolute Gasteiger partial charge is 0.345 e. The topological polar surface area (TPSA) is 123 Å². The normalized spacial score (nSPS) is 10.4. The van der Waals surface area contributed by atoms with Crippen molar-refractivity contribution in [2.75, 3.05) is 14.2 Å². The maximum atomic E-state index is 12.1. The van der Waals surface area contributed by atoms with Gasteiger partial charge in [0.05, 0.1) is 24.3 Å². The lowest BCUT2D eigenvalue weighted by Crippen LogP contribution is -2.08. The van der Waals surface area contributed by atoms with E-state index in [9.17, 15) is 24.9 Å². The third-order valence-corrected chi connectivity index (χ3v) is 4.53. The first-order valence-electron chi connectivity index (χ1n) is 7.24. The van der Waals surface area contributed by atoms with Gasteiger partial charge in [-0.3, -0.25) is 0 Å². The summed E-state index contributed by atoms with van der Waals surface area (Å²) in [6, 6.07) is 2.03. The van der Waals surface area contributed by atoms with Crippen LogP contribution in [-0.4, -0.2) is 41.5 Å². The molecule has 0 spiro atoms. The number of phenolic OH excluding ortho intramolecular Hbond substituents is 2. The lowest BCUT2D eigenvalue weighted by atomic mass is 10.1. The maximum Gasteiger partial charge on any atom is 0.345 e. The highest BCUT2D eigenvalue weighted by Crippen LogP contribution is 2.48. The van der Waals surface area contributed by atoms with Crippen molar-refractivity contribution in [3.63, 3.8) is 0 Å². The first-order chi connectivity index (χ1) is 12.6. The molecule has 0 fully saturated rings. The third-order valence-electron chi connectivity index (χ3n) is 3.61. The Balaban J connectivity index is 2.83. The standard InChI is InChI=1S/C17H14Cl2O8/c1-6-11(18)13(21)10(17(24)26-3)15(12(6)19)27-14-8(16(22)23)4-7(20)5-9(14)25-2/h4-5,20-21H,1-3H3,(H,22,23). The van der Waals surface area contributed by atoms with E-state index < -0.39 is 28.8 Å². The SMILES string of the molecule is COC(=O)c1c(O)c(Cl)c(C)c(Cl)c1Oc1c(OC)cc(O)cc1C(=O)O. The summed E-state index contributed by atoms with van der Waals surface area (Å²) in [7, 11) is 2.29. The van der Waals surface area contributed by atoms with Crippen LogP contribution >= 0.6 is 23.2 Å². The van der Waals surface area contributed by atoms with E-state index in [1.807, 2.05) is 0 Å². The Bertz CT molecular complexity index is 940. The quantitative estimate of drug-likeness (QED) is 0.624. The molecular weight excluding hydrogens is 403 g/mol. The number of carbonyl (C=O) groups is 2. The molecule has 10 heteroatoms. The number of ether oxygens (including phenoxy) is 3. The van der Waals surface area contributed by atoms with E-state index in [1.54, 1.807) is 0 Å². The van der Waals surface area contributed by atoms with Crippen molar-refractivity contribution in [1.82, 2.24) is 0 Å². The Labute approximate surface area is 163 Å². The van der Waals surface area contributed by atoms with Crippen molar-refractivity contribution in [3.8, 4) is 28.7 Å². The highest BCUT2D eigenvalue weighted by Gasteiger charge is 2.29. The minimum Gasteiger partial charge on any atom is -0.508 e. The lowest BCUT2D eigenvalue weighted by molar-refractivity contribution is 0.0594. The van der Waals surface area contributed by atoms with Crippen molar-refractivity contribution in [2.45, 2.75) is 6.92 Å². The number of carboxylic acids is 1. The Morgan fingerprint density at radius 1 is 1.04 bits per heavy atom. The Morgan fingerprint density at radius 3 is 2.19 bits per heavy atom. The second-order valence-electron chi connectivity index (χ2n) is 5.23. The van der Waals surface area contributed by atoms with E-state index in [-0.39, 0.29) is 38.6 Å². The molecular formula is C17H14Cl2O8. The molecule has 0 aliphatic rings. The summed E-state index contributed by atoms with van der Waals surface area (Å²) in [6.07, 6.45) is 0. The van der Waals surface area contributed by atoms with Crippen molar-refractivity contribution in [1.29, 1.82) is 0 Å². The fourth-order valence-electron chi connectivity index (χ4n) is 2.26. The number of carboxylic acid groups (broad SMARTS) is 1. The van der Waals surface area contributed by atoms with Gasteiger partial charge in [0.1, 0.15) is 16.9 Å². The van der Waals surface area contributed by atoms with E-state index in [0.29, 0.717) is 0 Å². The largest absolute Gasteiger partial charge is 0.508 e. The van der Waals surface area contributed by atoms with Crippen LogP contribution in [0.4, 0.5) is 0 Å². The van der Waals surface area contributed by atoms with Gasteiger partial charge < -0.3 is 29.5 Å². The molecule has 3 N–H and O–H groups in total. The number of phenols is 2. The van der Waals surface area contributed by atoms with Gasteiger partial charge in [-0.25, -0.2) is 9.59 Å². The summed E-state index contributed by atoms with van der Waals surface area (Å²) in [5.74, 6) is -4.36. The molecule has 2 rings (SSSR count). The number of benzene rings is 2. The Kier molecular flexibility index (Phi) is 5.92. The first-order valence-corrected chi connectivity index (χ1v) is 8.00. The molecule has 8 nitrogen and oxygen atoms in total. The van der Waals surface area contributed by atoms with Crippen LogP contribution in [0.3, 0.4) is 0 Å². The minimum atomic E-state index is -1.44. The van der Waals surface area contributed by atoms with Crippen LogP contribution in [0.25, 0.3) is 0 Å². The van der Waals surface area contributed by atoms with E-state index in [1.165, 1.54) is 14.0 Å². The van der Waals surface area contributed by atoms with E-state index in [2.05, 4.69) is 4.74 Å². The number of halogens is 2. The fraction of sp³-hybridized carbons (Fsp3) is 0.176. The average Bonchev–Trinajstić information content (AvgIpc) is 2.64. The second kappa shape index (κ2) is 7.81. The number of hydrogen-bond donors (Lipinski definition) is 3. The minimum absolute atomic E-state index is 0.147. The zero-order valence-electron chi connectivity index (χ0n) is 14.3. The van der Waals surface area contributed by atoms with Gasteiger partial charge in [-0.05, 0) is 18.6 Å². The van der Waals surface area contributed by atoms with E-state index in [0.717, 1.165) is 19.2 Å². The molecule has 2 aromatic rings. The van der Waals surface area contributed by atoms with Gasteiger partial charge >= 0.3 is 11.9 Å². The van der Waals surface area contributed by atoms with Gasteiger partial charge in [-0.2, -0.15) is 0 Å². The summed E-state index contributed by atoms with van der Waals surface area (Å²) in [4.78, 5) is 23.7. The summed E-state index contributed by atoms with van der Waals surface area (Å²) in [6.45, 7) is 1.46. The molecule has 27 heavy (non-hydrogen) atoms. The van der Waals surface area contributed by atoms with E-state index >= 15 is 0 Å². The zero-order chi connectivity index (χ0) is 20.5. The number of aromatic hydroxyl groups is 2. The molecule has 0 bridgehead atoms. The van der Waals surface area contributed by atoms with Gasteiger partial charge in [0.25, 0.3) is 0 Å². The Morgan fingerprint density at radius 2 is 1.67 bits per heavy atom. The average molecular weight is 417 g/mol.